The third-order valence-electron chi connectivity index (χ3n) is 5.68. The van der Waals surface area contributed by atoms with E-state index in [0.29, 0.717) is 12.1 Å². The van der Waals surface area contributed by atoms with Crippen molar-refractivity contribution in [3.05, 3.63) is 54.5 Å². The van der Waals surface area contributed by atoms with Gasteiger partial charge in [-0.2, -0.15) is 5.10 Å². The normalized spacial score (nSPS) is 19.4. The number of fused-ring (bicyclic) bond motifs is 1. The molecule has 0 aromatic carbocycles. The van der Waals surface area contributed by atoms with E-state index in [-0.39, 0.29) is 0 Å². The van der Waals surface area contributed by atoms with Gasteiger partial charge in [0, 0.05) is 36.4 Å². The number of nitrogens with zero attached hydrogens (tertiary/aromatic N) is 5. The van der Waals surface area contributed by atoms with Crippen LogP contribution in [0.25, 0.3) is 33.7 Å². The highest BCUT2D eigenvalue weighted by Crippen LogP contribution is 2.30. The molecule has 1 saturated heterocycles. The predicted octanol–water partition coefficient (Wildman–Crippen LogP) is 3.58. The molecule has 2 atom stereocenters. The minimum absolute atomic E-state index is 0.413. The van der Waals surface area contributed by atoms with E-state index in [2.05, 4.69) is 50.3 Å². The molecule has 0 spiro atoms. The van der Waals surface area contributed by atoms with Gasteiger partial charge in [0.1, 0.15) is 0 Å². The molecule has 5 heterocycles. The molecule has 1 aliphatic rings. The van der Waals surface area contributed by atoms with E-state index < -0.39 is 0 Å². The van der Waals surface area contributed by atoms with E-state index in [9.17, 15) is 0 Å². The smallest absolute Gasteiger partial charge is 0.0928 e. The van der Waals surface area contributed by atoms with Gasteiger partial charge in [-0.1, -0.05) is 6.07 Å². The number of piperazine rings is 1. The summed E-state index contributed by atoms with van der Waals surface area (Å²) in [5.74, 6) is 0. The minimum Gasteiger partial charge on any atom is -0.365 e. The minimum atomic E-state index is 0.413. The molecule has 0 radical (unpaired) electrons. The summed E-state index contributed by atoms with van der Waals surface area (Å²) < 4.78 is 0. The molecule has 1 fully saturated rings. The predicted molar refractivity (Wildman–Crippen MR) is 119 cm³/mol. The van der Waals surface area contributed by atoms with E-state index in [1.807, 2.05) is 49.6 Å². The van der Waals surface area contributed by atoms with Crippen molar-refractivity contribution in [3.63, 3.8) is 0 Å². The molecule has 2 N–H and O–H groups in total. The van der Waals surface area contributed by atoms with Gasteiger partial charge in [0.25, 0.3) is 0 Å². The van der Waals surface area contributed by atoms with Crippen molar-refractivity contribution in [2.45, 2.75) is 32.9 Å². The lowest BCUT2D eigenvalue weighted by Gasteiger charge is -2.39. The van der Waals surface area contributed by atoms with Gasteiger partial charge in [-0.25, -0.2) is 4.98 Å². The summed E-state index contributed by atoms with van der Waals surface area (Å²) in [6, 6.07) is 13.0. The second kappa shape index (κ2) is 7.50. The third kappa shape index (κ3) is 3.41. The highest BCUT2D eigenvalue weighted by molar-refractivity contribution is 5.84. The number of pyridine rings is 3. The van der Waals surface area contributed by atoms with Crippen LogP contribution in [0.1, 0.15) is 19.5 Å². The first-order valence-electron chi connectivity index (χ1n) is 10.3. The van der Waals surface area contributed by atoms with Crippen LogP contribution >= 0.6 is 0 Å². The molecule has 1 aliphatic heterocycles. The lowest BCUT2D eigenvalue weighted by molar-refractivity contribution is 0.425. The van der Waals surface area contributed by atoms with Crippen molar-refractivity contribution < 1.29 is 0 Å². The zero-order valence-corrected chi connectivity index (χ0v) is 17.4. The van der Waals surface area contributed by atoms with E-state index in [0.717, 1.165) is 58.1 Å². The summed E-state index contributed by atoms with van der Waals surface area (Å²) in [6.07, 6.45) is 3.77. The van der Waals surface area contributed by atoms with Gasteiger partial charge in [0.15, 0.2) is 0 Å². The largest absolute Gasteiger partial charge is 0.365 e. The third-order valence-corrected chi connectivity index (χ3v) is 5.68. The maximum atomic E-state index is 4.93. The Labute approximate surface area is 175 Å². The van der Waals surface area contributed by atoms with Crippen LogP contribution in [0.3, 0.4) is 0 Å². The zero-order chi connectivity index (χ0) is 20.7. The molecule has 30 heavy (non-hydrogen) atoms. The van der Waals surface area contributed by atoms with Gasteiger partial charge in [-0.3, -0.25) is 15.1 Å². The zero-order valence-electron chi connectivity index (χ0n) is 17.4. The van der Waals surface area contributed by atoms with Crippen LogP contribution in [0.15, 0.2) is 48.8 Å². The Kier molecular flexibility index (Phi) is 4.67. The monoisotopic (exact) mass is 399 g/mol. The van der Waals surface area contributed by atoms with Gasteiger partial charge in [-0.15, -0.1) is 0 Å². The van der Waals surface area contributed by atoms with Crippen molar-refractivity contribution >= 4 is 16.7 Å². The van der Waals surface area contributed by atoms with Gasteiger partial charge in [0.2, 0.25) is 0 Å². The van der Waals surface area contributed by atoms with E-state index in [1.165, 1.54) is 0 Å². The van der Waals surface area contributed by atoms with Crippen LogP contribution < -0.4 is 10.2 Å². The first kappa shape index (κ1) is 18.7. The summed E-state index contributed by atoms with van der Waals surface area (Å²) in [6.45, 7) is 8.36. The molecular weight excluding hydrogens is 374 g/mol. The average molecular weight is 400 g/mol. The molecule has 0 aliphatic carbocycles. The number of aryl methyl sites for hydroxylation is 1. The van der Waals surface area contributed by atoms with Gasteiger partial charge in [0.05, 0.1) is 46.2 Å². The Morgan fingerprint density at radius 2 is 1.90 bits per heavy atom. The maximum absolute atomic E-state index is 4.93. The van der Waals surface area contributed by atoms with Crippen LogP contribution in [0.5, 0.6) is 0 Å². The van der Waals surface area contributed by atoms with Crippen LogP contribution in [-0.4, -0.2) is 50.3 Å². The van der Waals surface area contributed by atoms with Crippen LogP contribution in [0.4, 0.5) is 5.69 Å². The van der Waals surface area contributed by atoms with Crippen LogP contribution in [0, 0.1) is 6.92 Å². The van der Waals surface area contributed by atoms with Gasteiger partial charge < -0.3 is 10.2 Å². The second-order valence-corrected chi connectivity index (χ2v) is 8.06. The number of aromatic amines is 1. The summed E-state index contributed by atoms with van der Waals surface area (Å²) in [4.78, 5) is 16.6. The van der Waals surface area contributed by atoms with E-state index in [4.69, 9.17) is 4.98 Å². The number of rotatable bonds is 3. The Morgan fingerprint density at radius 3 is 2.77 bits per heavy atom. The number of aromatic nitrogens is 5. The fourth-order valence-electron chi connectivity index (χ4n) is 4.04. The fraction of sp³-hybridized carbons (Fsp3) is 0.304. The quantitative estimate of drug-likeness (QED) is 0.548. The molecule has 2 unspecified atom stereocenters. The highest BCUT2D eigenvalue weighted by atomic mass is 15.2. The summed E-state index contributed by atoms with van der Waals surface area (Å²) in [7, 11) is 0. The molecule has 5 rings (SSSR count). The molecule has 152 valence electrons. The topological polar surface area (TPSA) is 82.6 Å². The maximum Gasteiger partial charge on any atom is 0.0928 e. The summed E-state index contributed by atoms with van der Waals surface area (Å²) in [5.41, 5.74) is 7.37. The fourth-order valence-corrected chi connectivity index (χ4v) is 4.04. The lowest BCUT2D eigenvalue weighted by Crippen LogP contribution is -2.54. The van der Waals surface area contributed by atoms with E-state index >= 15 is 0 Å². The number of hydrogen-bond acceptors (Lipinski definition) is 6. The molecule has 4 aromatic rings. The first-order valence-corrected chi connectivity index (χ1v) is 10.3. The average Bonchev–Trinajstić information content (AvgIpc) is 3.25. The van der Waals surface area contributed by atoms with Crippen LogP contribution in [0.2, 0.25) is 0 Å². The Bertz CT molecular complexity index is 1200. The number of anilines is 1. The second-order valence-electron chi connectivity index (χ2n) is 8.06. The Morgan fingerprint density at radius 1 is 1.00 bits per heavy atom. The molecule has 0 amide bonds. The van der Waals surface area contributed by atoms with Crippen molar-refractivity contribution in [2.75, 3.05) is 18.0 Å². The summed E-state index contributed by atoms with van der Waals surface area (Å²) in [5, 5.41) is 10.9. The van der Waals surface area contributed by atoms with Crippen molar-refractivity contribution in [1.29, 1.82) is 0 Å². The lowest BCUT2D eigenvalue weighted by atomic mass is 10.1. The Hall–Kier alpha value is -3.32. The van der Waals surface area contributed by atoms with Gasteiger partial charge in [-0.05, 0) is 51.1 Å². The molecule has 0 saturated carbocycles. The summed E-state index contributed by atoms with van der Waals surface area (Å²) >= 11 is 0. The van der Waals surface area contributed by atoms with Crippen LogP contribution in [-0.2, 0) is 0 Å². The number of H-pyrrole nitrogens is 1. The van der Waals surface area contributed by atoms with Crippen molar-refractivity contribution in [1.82, 2.24) is 30.5 Å². The van der Waals surface area contributed by atoms with Crippen molar-refractivity contribution in [2.24, 2.45) is 0 Å². The number of hydrogen-bond donors (Lipinski definition) is 2. The van der Waals surface area contributed by atoms with E-state index in [1.54, 1.807) is 0 Å². The number of nitrogens with one attached hydrogen (secondary N) is 2. The van der Waals surface area contributed by atoms with Crippen molar-refractivity contribution in [3.8, 4) is 22.6 Å². The molecule has 7 nitrogen and oxygen atoms in total. The SMILES string of the molecule is Cc1cccc(-c2[nH]ncc2-c2ccc3ncc(N4CC(C)NCC4C)cc3n2)n1. The van der Waals surface area contributed by atoms with Gasteiger partial charge >= 0.3 is 0 Å². The molecule has 4 aromatic heterocycles. The molecule has 0 bridgehead atoms. The molecular formula is C23H25N7. The highest BCUT2D eigenvalue weighted by Gasteiger charge is 2.23. The standard InChI is InChI=1S/C23H25N7/c1-14-5-4-6-21(27-14)23-18(12-26-29-23)19-7-8-20-22(28-19)9-17(11-25-20)30-13-15(2)24-10-16(30)3/h4-9,11-12,15-16,24H,10,13H2,1-3H3,(H,26,29). The molecule has 7 heteroatoms. The Balaban J connectivity index is 1.55. The first-order chi connectivity index (χ1) is 14.6.